The molecule has 1 fully saturated rings. The van der Waals surface area contributed by atoms with E-state index < -0.39 is 0 Å². The molecule has 164 valence electrons. The average Bonchev–Trinajstić information content (AvgIpc) is 2.98. The van der Waals surface area contributed by atoms with Crippen molar-refractivity contribution >= 4 is 11.8 Å². The highest BCUT2D eigenvalue weighted by Gasteiger charge is 2.32. The Balaban J connectivity index is 1.59. The first-order valence-corrected chi connectivity index (χ1v) is 11.2. The molecule has 5 nitrogen and oxygen atoms in total. The van der Waals surface area contributed by atoms with Gasteiger partial charge in [-0.25, -0.2) is 0 Å². The largest absolute Gasteiger partial charge is 0.341 e. The predicted molar refractivity (Wildman–Crippen MR) is 126 cm³/mol. The fourth-order valence-electron chi connectivity index (χ4n) is 4.42. The molecule has 0 bridgehead atoms. The third kappa shape index (κ3) is 4.72. The van der Waals surface area contributed by atoms with E-state index in [1.54, 1.807) is 24.5 Å². The molecule has 5 heteroatoms. The van der Waals surface area contributed by atoms with Gasteiger partial charge in [-0.05, 0) is 54.7 Å². The van der Waals surface area contributed by atoms with Crippen molar-refractivity contribution in [2.75, 3.05) is 26.2 Å². The second-order valence-corrected chi connectivity index (χ2v) is 8.32. The minimum atomic E-state index is -0.268. The van der Waals surface area contributed by atoms with Gasteiger partial charge in [0, 0.05) is 44.1 Å². The van der Waals surface area contributed by atoms with Crippen molar-refractivity contribution in [3.8, 4) is 11.1 Å². The summed E-state index contributed by atoms with van der Waals surface area (Å²) in [5.74, 6) is -0.189. The van der Waals surface area contributed by atoms with E-state index in [-0.39, 0.29) is 17.7 Å². The molecule has 2 aromatic carbocycles. The van der Waals surface area contributed by atoms with E-state index in [0.717, 1.165) is 11.1 Å². The van der Waals surface area contributed by atoms with Gasteiger partial charge in [-0.15, -0.1) is 0 Å². The van der Waals surface area contributed by atoms with Crippen LogP contribution in [0.15, 0.2) is 73.1 Å². The van der Waals surface area contributed by atoms with Crippen molar-refractivity contribution in [1.82, 2.24) is 14.8 Å². The monoisotopic (exact) mass is 427 g/mol. The van der Waals surface area contributed by atoms with Gasteiger partial charge in [0.1, 0.15) is 0 Å². The van der Waals surface area contributed by atoms with Crippen molar-refractivity contribution in [1.29, 1.82) is 0 Å². The number of carbonyl (C=O) groups excluding carboxylic acids is 2. The van der Waals surface area contributed by atoms with E-state index in [1.807, 2.05) is 28.9 Å². The SMILES string of the molecule is CCN1CCN(C(=O)c2ccncc2)CC(Cc2cccc(-c3ccccc3C)c2)C1=O. The highest BCUT2D eigenvalue weighted by molar-refractivity contribution is 5.94. The number of benzene rings is 2. The summed E-state index contributed by atoms with van der Waals surface area (Å²) < 4.78 is 0. The van der Waals surface area contributed by atoms with Gasteiger partial charge >= 0.3 is 0 Å². The van der Waals surface area contributed by atoms with Gasteiger partial charge in [0.2, 0.25) is 5.91 Å². The number of amides is 2. The van der Waals surface area contributed by atoms with Crippen LogP contribution in [0.3, 0.4) is 0 Å². The van der Waals surface area contributed by atoms with Crippen molar-refractivity contribution in [3.05, 3.63) is 89.7 Å². The highest BCUT2D eigenvalue weighted by atomic mass is 16.2. The summed E-state index contributed by atoms with van der Waals surface area (Å²) in [4.78, 5) is 34.1. The van der Waals surface area contributed by atoms with E-state index in [2.05, 4.69) is 48.3 Å². The molecule has 1 aliphatic rings. The quantitative estimate of drug-likeness (QED) is 0.613. The molecule has 2 amide bonds. The van der Waals surface area contributed by atoms with E-state index in [4.69, 9.17) is 0 Å². The van der Waals surface area contributed by atoms with Crippen LogP contribution in [-0.4, -0.2) is 52.8 Å². The Bertz CT molecular complexity index is 1100. The molecule has 4 rings (SSSR count). The highest BCUT2D eigenvalue weighted by Crippen LogP contribution is 2.26. The average molecular weight is 428 g/mol. The van der Waals surface area contributed by atoms with Crippen molar-refractivity contribution in [2.24, 2.45) is 5.92 Å². The number of likely N-dealkylation sites (N-methyl/N-ethyl adjacent to an activating group) is 1. The summed E-state index contributed by atoms with van der Waals surface area (Å²) in [6.45, 7) is 6.28. The van der Waals surface area contributed by atoms with Gasteiger partial charge < -0.3 is 9.80 Å². The van der Waals surface area contributed by atoms with Gasteiger partial charge in [0.25, 0.3) is 5.91 Å². The number of hydrogen-bond donors (Lipinski definition) is 0. The Kier molecular flexibility index (Phi) is 6.64. The zero-order valence-electron chi connectivity index (χ0n) is 18.7. The standard InChI is InChI=1S/C27H29N3O2/c1-3-29-15-16-30(26(31)22-11-13-28-14-12-22)19-24(27(29)32)18-21-8-6-9-23(17-21)25-10-5-4-7-20(25)2/h4-14,17,24H,3,15-16,18-19H2,1-2H3. The number of rotatable bonds is 5. The zero-order valence-corrected chi connectivity index (χ0v) is 18.7. The van der Waals surface area contributed by atoms with E-state index in [1.165, 1.54) is 11.1 Å². The first kappa shape index (κ1) is 21.8. The van der Waals surface area contributed by atoms with Crippen LogP contribution in [0.2, 0.25) is 0 Å². The van der Waals surface area contributed by atoms with Crippen LogP contribution in [-0.2, 0) is 11.2 Å². The maximum absolute atomic E-state index is 13.3. The van der Waals surface area contributed by atoms with Crippen LogP contribution < -0.4 is 0 Å². The molecule has 2 heterocycles. The number of aryl methyl sites for hydroxylation is 1. The van der Waals surface area contributed by atoms with Crippen LogP contribution >= 0.6 is 0 Å². The van der Waals surface area contributed by atoms with Crippen LogP contribution in [0.4, 0.5) is 0 Å². The fourth-order valence-corrected chi connectivity index (χ4v) is 4.42. The lowest BCUT2D eigenvalue weighted by Gasteiger charge is -2.24. The van der Waals surface area contributed by atoms with Crippen LogP contribution in [0.5, 0.6) is 0 Å². The number of aromatic nitrogens is 1. The fraction of sp³-hybridized carbons (Fsp3) is 0.296. The van der Waals surface area contributed by atoms with Crippen molar-refractivity contribution in [3.63, 3.8) is 0 Å². The third-order valence-electron chi connectivity index (χ3n) is 6.20. The minimum absolute atomic E-state index is 0.0446. The summed E-state index contributed by atoms with van der Waals surface area (Å²) in [6, 6.07) is 20.2. The lowest BCUT2D eigenvalue weighted by atomic mass is 9.93. The molecule has 3 aromatic rings. The Morgan fingerprint density at radius 1 is 1.03 bits per heavy atom. The molecule has 1 aliphatic heterocycles. The molecule has 0 spiro atoms. The summed E-state index contributed by atoms with van der Waals surface area (Å²) in [6.07, 6.45) is 3.86. The first-order chi connectivity index (χ1) is 15.6. The Labute approximate surface area is 189 Å². The Morgan fingerprint density at radius 3 is 2.56 bits per heavy atom. The summed E-state index contributed by atoms with van der Waals surface area (Å²) in [7, 11) is 0. The van der Waals surface area contributed by atoms with Gasteiger partial charge in [-0.1, -0.05) is 48.5 Å². The van der Waals surface area contributed by atoms with E-state index in [0.29, 0.717) is 38.2 Å². The van der Waals surface area contributed by atoms with E-state index in [9.17, 15) is 9.59 Å². The summed E-state index contributed by atoms with van der Waals surface area (Å²) in [5, 5.41) is 0. The smallest absolute Gasteiger partial charge is 0.254 e. The number of pyridine rings is 1. The number of carbonyl (C=O) groups is 2. The summed E-state index contributed by atoms with van der Waals surface area (Å²) in [5.41, 5.74) is 5.29. The van der Waals surface area contributed by atoms with Gasteiger partial charge in [0.05, 0.1) is 5.92 Å². The van der Waals surface area contributed by atoms with Crippen LogP contribution in [0.1, 0.15) is 28.4 Å². The molecule has 32 heavy (non-hydrogen) atoms. The molecule has 1 saturated heterocycles. The van der Waals surface area contributed by atoms with Gasteiger partial charge in [-0.3, -0.25) is 14.6 Å². The number of hydrogen-bond acceptors (Lipinski definition) is 3. The maximum atomic E-state index is 13.3. The first-order valence-electron chi connectivity index (χ1n) is 11.2. The maximum Gasteiger partial charge on any atom is 0.254 e. The lowest BCUT2D eigenvalue weighted by Crippen LogP contribution is -2.37. The van der Waals surface area contributed by atoms with Crippen LogP contribution in [0.25, 0.3) is 11.1 Å². The van der Waals surface area contributed by atoms with Crippen molar-refractivity contribution in [2.45, 2.75) is 20.3 Å². The second kappa shape index (κ2) is 9.77. The molecule has 0 saturated carbocycles. The topological polar surface area (TPSA) is 53.5 Å². The normalized spacial score (nSPS) is 16.7. The Hall–Kier alpha value is -3.47. The predicted octanol–water partition coefficient (Wildman–Crippen LogP) is 4.22. The minimum Gasteiger partial charge on any atom is -0.341 e. The van der Waals surface area contributed by atoms with Crippen LogP contribution in [0, 0.1) is 12.8 Å². The van der Waals surface area contributed by atoms with E-state index >= 15 is 0 Å². The van der Waals surface area contributed by atoms with Gasteiger partial charge in [0.15, 0.2) is 0 Å². The molecule has 1 unspecified atom stereocenters. The summed E-state index contributed by atoms with van der Waals surface area (Å²) >= 11 is 0. The molecule has 1 atom stereocenters. The molecule has 0 N–H and O–H groups in total. The number of nitrogens with zero attached hydrogens (tertiary/aromatic N) is 3. The molecule has 0 radical (unpaired) electrons. The lowest BCUT2D eigenvalue weighted by molar-refractivity contribution is -0.134. The molecular formula is C27H29N3O2. The molecule has 1 aromatic heterocycles. The molecular weight excluding hydrogens is 398 g/mol. The zero-order chi connectivity index (χ0) is 22.5. The molecule has 0 aliphatic carbocycles. The van der Waals surface area contributed by atoms with Gasteiger partial charge in [-0.2, -0.15) is 0 Å². The second-order valence-electron chi connectivity index (χ2n) is 8.32. The Morgan fingerprint density at radius 2 is 1.81 bits per heavy atom. The third-order valence-corrected chi connectivity index (χ3v) is 6.20. The van der Waals surface area contributed by atoms with Crippen molar-refractivity contribution < 1.29 is 9.59 Å².